The molecule has 3 atom stereocenters. The monoisotopic (exact) mass is 214 g/mol. The zero-order valence-electron chi connectivity index (χ0n) is 8.64. The van der Waals surface area contributed by atoms with Crippen molar-refractivity contribution in [2.45, 2.75) is 52.2 Å². The summed E-state index contributed by atoms with van der Waals surface area (Å²) in [5, 5.41) is 9.26. The van der Waals surface area contributed by atoms with Gasteiger partial charge in [0.2, 0.25) is 0 Å². The lowest BCUT2D eigenvalue weighted by molar-refractivity contribution is -0.265. The average Bonchev–Trinajstić information content (AvgIpc) is 2.02. The van der Waals surface area contributed by atoms with Crippen molar-refractivity contribution >= 4 is 0 Å². The van der Waals surface area contributed by atoms with Crippen LogP contribution in [0.15, 0.2) is 0 Å². The van der Waals surface area contributed by atoms with Gasteiger partial charge in [0.25, 0.3) is 0 Å². The maximum atomic E-state index is 12.0. The summed E-state index contributed by atoms with van der Waals surface area (Å²) in [7, 11) is 0. The van der Waals surface area contributed by atoms with E-state index in [0.29, 0.717) is 6.42 Å². The molecule has 0 aromatic rings. The summed E-state index contributed by atoms with van der Waals surface area (Å²) in [5.41, 5.74) is 0. The Kier molecular flexibility index (Phi) is 5.44. The zero-order valence-corrected chi connectivity index (χ0v) is 8.64. The van der Waals surface area contributed by atoms with E-state index in [1.807, 2.05) is 6.92 Å². The van der Waals surface area contributed by atoms with E-state index in [-0.39, 0.29) is 5.92 Å². The molecule has 1 N–H and O–H groups in total. The van der Waals surface area contributed by atoms with Crippen molar-refractivity contribution in [3.8, 4) is 0 Å². The van der Waals surface area contributed by atoms with Gasteiger partial charge in [-0.05, 0) is 13.3 Å². The Morgan fingerprint density at radius 1 is 1.29 bits per heavy atom. The van der Waals surface area contributed by atoms with E-state index < -0.39 is 18.6 Å². The molecule has 0 spiro atoms. The number of aliphatic hydroxyl groups excluding tert-OH is 1. The number of ether oxygens (including phenoxy) is 1. The van der Waals surface area contributed by atoms with Crippen LogP contribution in [-0.2, 0) is 4.74 Å². The van der Waals surface area contributed by atoms with Gasteiger partial charge in [0, 0.05) is 5.92 Å². The van der Waals surface area contributed by atoms with Crippen LogP contribution in [-0.4, -0.2) is 23.7 Å². The summed E-state index contributed by atoms with van der Waals surface area (Å²) in [6, 6.07) is 0. The number of alkyl halides is 3. The molecule has 0 radical (unpaired) electrons. The van der Waals surface area contributed by atoms with Crippen molar-refractivity contribution < 1.29 is 23.0 Å². The molecule has 86 valence electrons. The molecule has 14 heavy (non-hydrogen) atoms. The first-order valence-electron chi connectivity index (χ1n) is 4.69. The largest absolute Gasteiger partial charge is 0.414 e. The first kappa shape index (κ1) is 13.7. The molecule has 3 unspecified atom stereocenters. The van der Waals surface area contributed by atoms with E-state index in [0.717, 1.165) is 13.3 Å². The van der Waals surface area contributed by atoms with E-state index in [9.17, 15) is 18.3 Å². The summed E-state index contributed by atoms with van der Waals surface area (Å²) in [6.07, 6.45) is -6.22. The third kappa shape index (κ3) is 4.81. The molecule has 0 saturated heterocycles. The van der Waals surface area contributed by atoms with Crippen LogP contribution in [0.25, 0.3) is 0 Å². The van der Waals surface area contributed by atoms with Crippen molar-refractivity contribution in [2.24, 2.45) is 5.92 Å². The van der Waals surface area contributed by atoms with Gasteiger partial charge in [-0.3, -0.25) is 0 Å². The molecule has 0 heterocycles. The molecule has 0 fully saturated rings. The topological polar surface area (TPSA) is 29.5 Å². The Morgan fingerprint density at radius 3 is 2.14 bits per heavy atom. The van der Waals surface area contributed by atoms with Crippen LogP contribution in [0.4, 0.5) is 13.2 Å². The molecule has 0 aromatic carbocycles. The first-order chi connectivity index (χ1) is 6.29. The van der Waals surface area contributed by atoms with Gasteiger partial charge < -0.3 is 9.84 Å². The Hall–Kier alpha value is -0.290. The minimum absolute atomic E-state index is 0.273. The van der Waals surface area contributed by atoms with Gasteiger partial charge in [0.05, 0.1) is 0 Å². The predicted molar refractivity (Wildman–Crippen MR) is 46.7 cm³/mol. The number of hydrogen-bond donors (Lipinski definition) is 1. The smallest absolute Gasteiger partial charge is 0.368 e. The second kappa shape index (κ2) is 5.56. The van der Waals surface area contributed by atoms with Gasteiger partial charge in [0.15, 0.2) is 12.4 Å². The van der Waals surface area contributed by atoms with Crippen LogP contribution < -0.4 is 0 Å². The van der Waals surface area contributed by atoms with Crippen molar-refractivity contribution in [1.29, 1.82) is 0 Å². The van der Waals surface area contributed by atoms with Crippen LogP contribution in [0.3, 0.4) is 0 Å². The van der Waals surface area contributed by atoms with Gasteiger partial charge in [0.1, 0.15) is 0 Å². The molecular formula is C9H17F3O2. The second-order valence-corrected chi connectivity index (χ2v) is 3.48. The third-order valence-electron chi connectivity index (χ3n) is 2.04. The molecule has 5 heteroatoms. The van der Waals surface area contributed by atoms with Crippen molar-refractivity contribution in [2.75, 3.05) is 0 Å². The quantitative estimate of drug-likeness (QED) is 0.713. The van der Waals surface area contributed by atoms with Crippen LogP contribution >= 0.6 is 0 Å². The van der Waals surface area contributed by atoms with E-state index in [1.165, 1.54) is 0 Å². The molecule has 0 aliphatic heterocycles. The maximum absolute atomic E-state index is 12.0. The van der Waals surface area contributed by atoms with E-state index in [1.54, 1.807) is 6.92 Å². The Bertz CT molecular complexity index is 159. The van der Waals surface area contributed by atoms with Gasteiger partial charge in [-0.2, -0.15) is 13.2 Å². The highest BCUT2D eigenvalue weighted by Gasteiger charge is 2.38. The highest BCUT2D eigenvalue weighted by atomic mass is 19.4. The number of rotatable bonds is 5. The summed E-state index contributed by atoms with van der Waals surface area (Å²) < 4.78 is 40.5. The van der Waals surface area contributed by atoms with Crippen molar-refractivity contribution in [1.82, 2.24) is 0 Å². The molecule has 0 bridgehead atoms. The molecule has 0 aromatic heterocycles. The second-order valence-electron chi connectivity index (χ2n) is 3.48. The molecular weight excluding hydrogens is 197 g/mol. The number of hydrogen-bond acceptors (Lipinski definition) is 2. The minimum Gasteiger partial charge on any atom is -0.368 e. The number of aliphatic hydroxyl groups is 1. The summed E-state index contributed by atoms with van der Waals surface area (Å²) >= 11 is 0. The fourth-order valence-corrected chi connectivity index (χ4v) is 1.02. The molecule has 0 aliphatic carbocycles. The maximum Gasteiger partial charge on any atom is 0.414 e. The van der Waals surface area contributed by atoms with Crippen LogP contribution in [0.5, 0.6) is 0 Å². The highest BCUT2D eigenvalue weighted by Crippen LogP contribution is 2.25. The molecule has 0 rings (SSSR count). The number of halogens is 3. The Balaban J connectivity index is 3.99. The van der Waals surface area contributed by atoms with Crippen molar-refractivity contribution in [3.05, 3.63) is 0 Å². The SMILES string of the molecule is CCCC(C)C(O)OC(C)C(F)(F)F. The lowest BCUT2D eigenvalue weighted by Gasteiger charge is -2.24. The Morgan fingerprint density at radius 2 is 1.79 bits per heavy atom. The first-order valence-corrected chi connectivity index (χ1v) is 4.69. The van der Waals surface area contributed by atoms with Crippen LogP contribution in [0, 0.1) is 5.92 Å². The fraction of sp³-hybridized carbons (Fsp3) is 1.00. The third-order valence-corrected chi connectivity index (χ3v) is 2.04. The summed E-state index contributed by atoms with van der Waals surface area (Å²) in [4.78, 5) is 0. The van der Waals surface area contributed by atoms with Crippen LogP contribution in [0.1, 0.15) is 33.6 Å². The lowest BCUT2D eigenvalue weighted by Crippen LogP contribution is -2.35. The van der Waals surface area contributed by atoms with E-state index in [4.69, 9.17) is 0 Å². The average molecular weight is 214 g/mol. The standard InChI is InChI=1S/C9H17F3O2/c1-4-5-6(2)8(13)14-7(3)9(10,11)12/h6-8,13H,4-5H2,1-3H3. The Labute approximate surface area is 82.1 Å². The minimum atomic E-state index is -4.41. The molecule has 0 saturated carbocycles. The summed E-state index contributed by atoms with van der Waals surface area (Å²) in [6.45, 7) is 4.45. The van der Waals surface area contributed by atoms with Gasteiger partial charge >= 0.3 is 6.18 Å². The van der Waals surface area contributed by atoms with Gasteiger partial charge in [-0.1, -0.05) is 20.3 Å². The van der Waals surface area contributed by atoms with Crippen LogP contribution in [0.2, 0.25) is 0 Å². The lowest BCUT2D eigenvalue weighted by atomic mass is 10.1. The van der Waals surface area contributed by atoms with Crippen molar-refractivity contribution in [3.63, 3.8) is 0 Å². The van der Waals surface area contributed by atoms with Gasteiger partial charge in [-0.25, -0.2) is 0 Å². The van der Waals surface area contributed by atoms with E-state index in [2.05, 4.69) is 4.74 Å². The van der Waals surface area contributed by atoms with E-state index >= 15 is 0 Å². The fourth-order valence-electron chi connectivity index (χ4n) is 1.02. The predicted octanol–water partition coefficient (Wildman–Crippen LogP) is 2.71. The highest BCUT2D eigenvalue weighted by molar-refractivity contribution is 4.64. The van der Waals surface area contributed by atoms with Gasteiger partial charge in [-0.15, -0.1) is 0 Å². The normalized spacial score (nSPS) is 19.1. The zero-order chi connectivity index (χ0) is 11.4. The molecule has 0 aliphatic rings. The summed E-state index contributed by atoms with van der Waals surface area (Å²) in [5.74, 6) is -0.273. The molecule has 0 amide bonds. The molecule has 2 nitrogen and oxygen atoms in total.